The lowest BCUT2D eigenvalue weighted by Crippen LogP contribution is -2.21. The van der Waals surface area contributed by atoms with Gasteiger partial charge in [-0.3, -0.25) is 0 Å². The lowest BCUT2D eigenvalue weighted by atomic mass is 9.84. The Balaban J connectivity index is 2.07. The van der Waals surface area contributed by atoms with E-state index in [1.807, 2.05) is 42.5 Å². The molecule has 3 aromatic carbocycles. The summed E-state index contributed by atoms with van der Waals surface area (Å²) in [5.74, 6) is -0.127. The molecule has 22 heavy (non-hydrogen) atoms. The van der Waals surface area contributed by atoms with E-state index in [9.17, 15) is 10.2 Å². The SMILES string of the molecule is OCC[C@H](O)[C@@H](c1ccccc1)c1ccc2ccccc2c1. The summed E-state index contributed by atoms with van der Waals surface area (Å²) in [6.45, 7) is -0.0158. The van der Waals surface area contributed by atoms with Crippen LogP contribution in [-0.4, -0.2) is 22.9 Å². The average molecular weight is 292 g/mol. The predicted molar refractivity (Wildman–Crippen MR) is 89.9 cm³/mol. The van der Waals surface area contributed by atoms with Crippen molar-refractivity contribution in [3.05, 3.63) is 83.9 Å². The maximum absolute atomic E-state index is 10.5. The molecule has 112 valence electrons. The topological polar surface area (TPSA) is 40.5 Å². The van der Waals surface area contributed by atoms with Gasteiger partial charge >= 0.3 is 0 Å². The van der Waals surface area contributed by atoms with Crippen molar-refractivity contribution in [1.29, 1.82) is 0 Å². The molecule has 2 atom stereocenters. The van der Waals surface area contributed by atoms with Crippen LogP contribution in [0.4, 0.5) is 0 Å². The van der Waals surface area contributed by atoms with Crippen LogP contribution < -0.4 is 0 Å². The van der Waals surface area contributed by atoms with Gasteiger partial charge in [-0.05, 0) is 28.3 Å². The normalized spacial score (nSPS) is 13.9. The van der Waals surface area contributed by atoms with E-state index in [0.717, 1.165) is 16.5 Å². The summed E-state index contributed by atoms with van der Waals surface area (Å²) in [5.41, 5.74) is 2.14. The van der Waals surface area contributed by atoms with Crippen LogP contribution >= 0.6 is 0 Å². The van der Waals surface area contributed by atoms with Crippen molar-refractivity contribution in [2.45, 2.75) is 18.4 Å². The van der Waals surface area contributed by atoms with Gasteiger partial charge in [-0.1, -0.05) is 72.8 Å². The number of rotatable bonds is 5. The quantitative estimate of drug-likeness (QED) is 0.752. The Labute approximate surface area is 130 Å². The Hall–Kier alpha value is -2.16. The Morgan fingerprint density at radius 1 is 0.727 bits per heavy atom. The Kier molecular flexibility index (Phi) is 4.52. The van der Waals surface area contributed by atoms with E-state index in [0.29, 0.717) is 6.42 Å². The number of aliphatic hydroxyl groups excluding tert-OH is 2. The summed E-state index contributed by atoms with van der Waals surface area (Å²) in [6.07, 6.45) is -0.236. The molecule has 0 radical (unpaired) electrons. The van der Waals surface area contributed by atoms with E-state index in [-0.39, 0.29) is 12.5 Å². The minimum absolute atomic E-state index is 0.0158. The zero-order chi connectivity index (χ0) is 15.4. The molecule has 0 fully saturated rings. The van der Waals surface area contributed by atoms with Crippen molar-refractivity contribution in [2.24, 2.45) is 0 Å². The van der Waals surface area contributed by atoms with E-state index >= 15 is 0 Å². The lowest BCUT2D eigenvalue weighted by molar-refractivity contribution is 0.118. The Bertz CT molecular complexity index is 737. The smallest absolute Gasteiger partial charge is 0.0671 e. The largest absolute Gasteiger partial charge is 0.396 e. The van der Waals surface area contributed by atoms with Crippen molar-refractivity contribution >= 4 is 10.8 Å². The number of benzene rings is 3. The van der Waals surface area contributed by atoms with Crippen LogP contribution in [0.25, 0.3) is 10.8 Å². The van der Waals surface area contributed by atoms with Gasteiger partial charge in [-0.2, -0.15) is 0 Å². The minimum atomic E-state index is -0.603. The summed E-state index contributed by atoms with van der Waals surface area (Å²) in [5, 5.41) is 22.1. The molecule has 0 bridgehead atoms. The summed E-state index contributed by atoms with van der Waals surface area (Å²) < 4.78 is 0. The second-order valence-electron chi connectivity index (χ2n) is 5.57. The zero-order valence-electron chi connectivity index (χ0n) is 12.4. The van der Waals surface area contributed by atoms with Crippen LogP contribution in [0.15, 0.2) is 72.8 Å². The fraction of sp³-hybridized carbons (Fsp3) is 0.200. The maximum atomic E-state index is 10.5. The van der Waals surface area contributed by atoms with Gasteiger partial charge in [0.25, 0.3) is 0 Å². The van der Waals surface area contributed by atoms with Crippen LogP contribution in [0.1, 0.15) is 23.5 Å². The van der Waals surface area contributed by atoms with Crippen LogP contribution in [0.3, 0.4) is 0 Å². The molecule has 0 saturated carbocycles. The summed E-state index contributed by atoms with van der Waals surface area (Å²) in [7, 11) is 0. The predicted octanol–water partition coefficient (Wildman–Crippen LogP) is 3.72. The molecule has 2 nitrogen and oxygen atoms in total. The first-order valence-electron chi connectivity index (χ1n) is 7.62. The van der Waals surface area contributed by atoms with Crippen molar-refractivity contribution < 1.29 is 10.2 Å². The first-order chi connectivity index (χ1) is 10.8. The van der Waals surface area contributed by atoms with Gasteiger partial charge in [0.2, 0.25) is 0 Å². The van der Waals surface area contributed by atoms with E-state index in [1.54, 1.807) is 0 Å². The van der Waals surface area contributed by atoms with E-state index in [2.05, 4.69) is 30.3 Å². The van der Waals surface area contributed by atoms with E-state index < -0.39 is 6.10 Å². The third-order valence-electron chi connectivity index (χ3n) is 4.10. The van der Waals surface area contributed by atoms with Gasteiger partial charge < -0.3 is 10.2 Å². The maximum Gasteiger partial charge on any atom is 0.0671 e. The molecule has 0 heterocycles. The minimum Gasteiger partial charge on any atom is -0.396 e. The molecule has 0 amide bonds. The van der Waals surface area contributed by atoms with Gasteiger partial charge in [0.15, 0.2) is 0 Å². The van der Waals surface area contributed by atoms with Gasteiger partial charge in [-0.15, -0.1) is 0 Å². The highest BCUT2D eigenvalue weighted by Crippen LogP contribution is 2.31. The fourth-order valence-electron chi connectivity index (χ4n) is 3.00. The van der Waals surface area contributed by atoms with Crippen LogP contribution in [0, 0.1) is 0 Å². The van der Waals surface area contributed by atoms with Crippen molar-refractivity contribution in [3.63, 3.8) is 0 Å². The highest BCUT2D eigenvalue weighted by molar-refractivity contribution is 5.83. The third kappa shape index (κ3) is 3.03. The Morgan fingerprint density at radius 2 is 1.41 bits per heavy atom. The number of aliphatic hydroxyl groups is 2. The molecular weight excluding hydrogens is 272 g/mol. The number of fused-ring (bicyclic) bond motifs is 1. The molecular formula is C20H20O2. The zero-order valence-corrected chi connectivity index (χ0v) is 12.4. The van der Waals surface area contributed by atoms with Gasteiger partial charge in [-0.25, -0.2) is 0 Å². The fourth-order valence-corrected chi connectivity index (χ4v) is 3.00. The lowest BCUT2D eigenvalue weighted by Gasteiger charge is -2.24. The molecule has 2 heteroatoms. The monoisotopic (exact) mass is 292 g/mol. The number of hydrogen-bond acceptors (Lipinski definition) is 2. The highest BCUT2D eigenvalue weighted by Gasteiger charge is 2.22. The molecule has 0 saturated heterocycles. The van der Waals surface area contributed by atoms with Crippen LogP contribution in [0.2, 0.25) is 0 Å². The summed E-state index contributed by atoms with van der Waals surface area (Å²) >= 11 is 0. The second-order valence-corrected chi connectivity index (χ2v) is 5.57. The van der Waals surface area contributed by atoms with Crippen molar-refractivity contribution in [1.82, 2.24) is 0 Å². The molecule has 2 N–H and O–H groups in total. The van der Waals surface area contributed by atoms with Gasteiger partial charge in [0.05, 0.1) is 6.10 Å². The van der Waals surface area contributed by atoms with E-state index in [1.165, 1.54) is 5.39 Å². The van der Waals surface area contributed by atoms with E-state index in [4.69, 9.17) is 0 Å². The first kappa shape index (κ1) is 14.8. The molecule has 0 aliphatic rings. The third-order valence-corrected chi connectivity index (χ3v) is 4.10. The number of hydrogen-bond donors (Lipinski definition) is 2. The van der Waals surface area contributed by atoms with Crippen molar-refractivity contribution in [2.75, 3.05) is 6.61 Å². The Morgan fingerprint density at radius 3 is 2.14 bits per heavy atom. The molecule has 0 aliphatic carbocycles. The molecule has 0 aromatic heterocycles. The second kappa shape index (κ2) is 6.73. The highest BCUT2D eigenvalue weighted by atomic mass is 16.3. The van der Waals surface area contributed by atoms with Gasteiger partial charge in [0.1, 0.15) is 0 Å². The summed E-state index contributed by atoms with van der Waals surface area (Å²) in [6, 6.07) is 24.5. The van der Waals surface area contributed by atoms with Gasteiger partial charge in [0, 0.05) is 12.5 Å². The first-order valence-corrected chi connectivity index (χ1v) is 7.62. The molecule has 0 unspecified atom stereocenters. The average Bonchev–Trinajstić information content (AvgIpc) is 2.56. The molecule has 0 spiro atoms. The summed E-state index contributed by atoms with van der Waals surface area (Å²) in [4.78, 5) is 0. The van der Waals surface area contributed by atoms with Crippen LogP contribution in [0.5, 0.6) is 0 Å². The van der Waals surface area contributed by atoms with Crippen molar-refractivity contribution in [3.8, 4) is 0 Å². The molecule has 3 rings (SSSR count). The standard InChI is InChI=1S/C20H20O2/c21-13-12-19(22)20(16-7-2-1-3-8-16)18-11-10-15-6-4-5-9-17(15)14-18/h1-11,14,19-22H,12-13H2/t19-,20-/m0/s1. The van der Waals surface area contributed by atoms with Crippen LogP contribution in [-0.2, 0) is 0 Å². The molecule has 3 aromatic rings. The molecule has 0 aliphatic heterocycles.